The molecule has 12 heteroatoms. The average Bonchev–Trinajstić information content (AvgIpc) is 3.24. The van der Waals surface area contributed by atoms with Crippen molar-refractivity contribution in [1.82, 2.24) is 29.0 Å². The van der Waals surface area contributed by atoms with Gasteiger partial charge in [0, 0.05) is 44.0 Å². The largest absolute Gasteiger partial charge is 0.360 e. The molecule has 0 N–H and O–H groups in total. The van der Waals surface area contributed by atoms with Gasteiger partial charge in [-0.3, -0.25) is 4.79 Å². The van der Waals surface area contributed by atoms with Gasteiger partial charge in [-0.15, -0.1) is 0 Å². The molecule has 4 rings (SSSR count). The zero-order valence-electron chi connectivity index (χ0n) is 19.7. The van der Waals surface area contributed by atoms with E-state index in [0.29, 0.717) is 49.4 Å². The van der Waals surface area contributed by atoms with Crippen LogP contribution in [-0.4, -0.2) is 69.5 Å². The van der Waals surface area contributed by atoms with Crippen molar-refractivity contribution in [3.05, 3.63) is 40.2 Å². The molecule has 0 unspecified atom stereocenters. The average molecular weight is 486 g/mol. The van der Waals surface area contributed by atoms with Gasteiger partial charge in [-0.2, -0.15) is 14.7 Å². The molecule has 4 heterocycles. The highest BCUT2D eigenvalue weighted by molar-refractivity contribution is 7.89. The molecule has 180 valence electrons. The lowest BCUT2D eigenvalue weighted by Gasteiger charge is -2.22. The maximum Gasteiger partial charge on any atom is 0.248 e. The van der Waals surface area contributed by atoms with E-state index in [2.05, 4.69) is 21.3 Å². The monoisotopic (exact) mass is 485 g/mol. The number of hydrogen-bond donors (Lipinski definition) is 0. The van der Waals surface area contributed by atoms with Gasteiger partial charge >= 0.3 is 0 Å². The molecule has 0 spiro atoms. The van der Waals surface area contributed by atoms with Crippen LogP contribution in [0.3, 0.4) is 0 Å². The summed E-state index contributed by atoms with van der Waals surface area (Å²) in [5.74, 6) is 0.235. The second kappa shape index (κ2) is 9.15. The number of carbonyl (C=O) groups is 1. The van der Waals surface area contributed by atoms with E-state index in [4.69, 9.17) is 4.52 Å². The number of amides is 1. The molecule has 1 fully saturated rings. The van der Waals surface area contributed by atoms with Crippen molar-refractivity contribution >= 4 is 21.6 Å². The van der Waals surface area contributed by atoms with Crippen molar-refractivity contribution in [1.29, 1.82) is 5.26 Å². The first-order chi connectivity index (χ1) is 16.1. The fourth-order valence-corrected chi connectivity index (χ4v) is 6.26. The quantitative estimate of drug-likeness (QED) is 0.532. The van der Waals surface area contributed by atoms with Gasteiger partial charge in [-0.25, -0.2) is 17.9 Å². The number of fused-ring (bicyclic) bond motifs is 1. The van der Waals surface area contributed by atoms with Crippen LogP contribution < -0.4 is 0 Å². The van der Waals surface area contributed by atoms with Crippen molar-refractivity contribution in [2.45, 2.75) is 51.9 Å². The minimum Gasteiger partial charge on any atom is -0.360 e. The summed E-state index contributed by atoms with van der Waals surface area (Å²) < 4.78 is 34.3. The Morgan fingerprint density at radius 1 is 1.15 bits per heavy atom. The van der Waals surface area contributed by atoms with E-state index >= 15 is 0 Å². The zero-order valence-corrected chi connectivity index (χ0v) is 20.5. The lowest BCUT2D eigenvalue weighted by Crippen LogP contribution is -2.37. The molecule has 0 bridgehead atoms. The van der Waals surface area contributed by atoms with E-state index < -0.39 is 10.0 Å². The van der Waals surface area contributed by atoms with E-state index in [1.165, 1.54) is 10.5 Å². The summed E-state index contributed by atoms with van der Waals surface area (Å²) in [5.41, 5.74) is 3.80. The van der Waals surface area contributed by atoms with E-state index in [0.717, 1.165) is 17.0 Å². The standard InChI is InChI=1S/C22H27N7O4S/c1-14-19(16(3)29-22(25-14)18(12-23)13-24-29)6-7-20(30)27-8-5-9-28(11-10-27)34(31,32)21-15(2)26-33-17(21)4/h13H,5-11H2,1-4H3. The van der Waals surface area contributed by atoms with Crippen LogP contribution in [0, 0.1) is 39.0 Å². The highest BCUT2D eigenvalue weighted by Crippen LogP contribution is 2.24. The Labute approximate surface area is 198 Å². The molecular weight excluding hydrogens is 458 g/mol. The molecule has 3 aromatic rings. The van der Waals surface area contributed by atoms with Crippen molar-refractivity contribution < 1.29 is 17.7 Å². The van der Waals surface area contributed by atoms with Gasteiger partial charge in [0.2, 0.25) is 15.9 Å². The Bertz CT molecular complexity index is 1380. The molecule has 1 amide bonds. The van der Waals surface area contributed by atoms with Gasteiger partial charge in [0.15, 0.2) is 11.4 Å². The smallest absolute Gasteiger partial charge is 0.248 e. The number of nitrogens with zero attached hydrogens (tertiary/aromatic N) is 7. The van der Waals surface area contributed by atoms with Crippen LogP contribution in [0.4, 0.5) is 0 Å². The molecular formula is C22H27N7O4S. The van der Waals surface area contributed by atoms with Crippen molar-refractivity contribution in [3.63, 3.8) is 0 Å². The SMILES string of the molecule is Cc1nc2c(C#N)cnn2c(C)c1CCC(=O)N1CCCN(S(=O)(=O)c2c(C)noc2C)CC1. The summed E-state index contributed by atoms with van der Waals surface area (Å²) >= 11 is 0. The van der Waals surface area contributed by atoms with E-state index in [1.54, 1.807) is 23.3 Å². The molecule has 0 saturated carbocycles. The maximum absolute atomic E-state index is 13.1. The molecule has 1 aliphatic rings. The first-order valence-electron chi connectivity index (χ1n) is 11.1. The summed E-state index contributed by atoms with van der Waals surface area (Å²) in [6.45, 7) is 8.32. The molecule has 34 heavy (non-hydrogen) atoms. The highest BCUT2D eigenvalue weighted by atomic mass is 32.2. The minimum absolute atomic E-state index is 0.0336. The maximum atomic E-state index is 13.1. The van der Waals surface area contributed by atoms with Crippen LogP contribution in [-0.2, 0) is 21.2 Å². The van der Waals surface area contributed by atoms with Crippen LogP contribution in [0.15, 0.2) is 15.6 Å². The van der Waals surface area contributed by atoms with Gasteiger partial charge in [0.1, 0.15) is 22.2 Å². The van der Waals surface area contributed by atoms with Gasteiger partial charge < -0.3 is 9.42 Å². The van der Waals surface area contributed by atoms with Crippen molar-refractivity contribution in [2.24, 2.45) is 0 Å². The van der Waals surface area contributed by atoms with Gasteiger partial charge in [0.05, 0.1) is 6.20 Å². The van der Waals surface area contributed by atoms with Gasteiger partial charge in [-0.1, -0.05) is 5.16 Å². The Hall–Kier alpha value is -3.30. The fourth-order valence-electron chi connectivity index (χ4n) is 4.50. The predicted octanol–water partition coefficient (Wildman–Crippen LogP) is 1.68. The Morgan fingerprint density at radius 2 is 1.91 bits per heavy atom. The van der Waals surface area contributed by atoms with Crippen LogP contribution in [0.2, 0.25) is 0 Å². The van der Waals surface area contributed by atoms with Crippen LogP contribution >= 0.6 is 0 Å². The molecule has 0 aromatic carbocycles. The molecule has 3 aromatic heterocycles. The zero-order chi connectivity index (χ0) is 24.6. The van der Waals surface area contributed by atoms with E-state index in [9.17, 15) is 18.5 Å². The Morgan fingerprint density at radius 3 is 2.59 bits per heavy atom. The number of aromatic nitrogens is 4. The fraction of sp³-hybridized carbons (Fsp3) is 0.500. The van der Waals surface area contributed by atoms with Crippen LogP contribution in [0.5, 0.6) is 0 Å². The van der Waals surface area contributed by atoms with Crippen molar-refractivity contribution in [3.8, 4) is 6.07 Å². The molecule has 11 nitrogen and oxygen atoms in total. The lowest BCUT2D eigenvalue weighted by atomic mass is 10.1. The summed E-state index contributed by atoms with van der Waals surface area (Å²) in [5, 5.41) is 17.2. The minimum atomic E-state index is -3.74. The van der Waals surface area contributed by atoms with Gasteiger partial charge in [-0.05, 0) is 46.1 Å². The Kier molecular flexibility index (Phi) is 6.42. The van der Waals surface area contributed by atoms with Crippen LogP contribution in [0.1, 0.15) is 46.8 Å². The molecule has 1 saturated heterocycles. The normalized spacial score (nSPS) is 15.4. The summed E-state index contributed by atoms with van der Waals surface area (Å²) in [4.78, 5) is 19.4. The third kappa shape index (κ3) is 4.17. The topological polar surface area (TPSA) is 138 Å². The number of carbonyl (C=O) groups excluding carboxylic acids is 1. The van der Waals surface area contributed by atoms with Gasteiger partial charge in [0.25, 0.3) is 0 Å². The highest BCUT2D eigenvalue weighted by Gasteiger charge is 2.33. The summed E-state index contributed by atoms with van der Waals surface area (Å²) in [6.07, 6.45) is 2.80. The lowest BCUT2D eigenvalue weighted by molar-refractivity contribution is -0.131. The summed E-state index contributed by atoms with van der Waals surface area (Å²) in [6, 6.07) is 2.09. The van der Waals surface area contributed by atoms with Crippen molar-refractivity contribution in [2.75, 3.05) is 26.2 Å². The molecule has 0 atom stereocenters. The second-order valence-electron chi connectivity index (χ2n) is 8.46. The second-order valence-corrected chi connectivity index (χ2v) is 10.3. The first kappa shape index (κ1) is 23.8. The number of sulfonamides is 1. The molecule has 0 radical (unpaired) electrons. The number of rotatable bonds is 5. The predicted molar refractivity (Wildman–Crippen MR) is 121 cm³/mol. The Balaban J connectivity index is 1.44. The first-order valence-corrected chi connectivity index (χ1v) is 12.5. The number of hydrogen-bond acceptors (Lipinski definition) is 8. The van der Waals surface area contributed by atoms with Crippen LogP contribution in [0.25, 0.3) is 5.65 Å². The summed E-state index contributed by atoms with van der Waals surface area (Å²) in [7, 11) is -3.74. The third-order valence-electron chi connectivity index (χ3n) is 6.29. The third-order valence-corrected chi connectivity index (χ3v) is 8.44. The molecule has 0 aliphatic carbocycles. The number of nitriles is 1. The number of aryl methyl sites for hydroxylation is 4. The molecule has 1 aliphatic heterocycles. The van der Waals surface area contributed by atoms with E-state index in [-0.39, 0.29) is 29.5 Å². The van der Waals surface area contributed by atoms with E-state index in [1.807, 2.05) is 13.8 Å².